The van der Waals surface area contributed by atoms with Gasteiger partial charge in [0.1, 0.15) is 5.75 Å². The molecule has 0 spiro atoms. The molecule has 0 aliphatic rings. The second-order valence-electron chi connectivity index (χ2n) is 2.94. The van der Waals surface area contributed by atoms with Crippen LogP contribution in [-0.2, 0) is 0 Å². The van der Waals surface area contributed by atoms with Gasteiger partial charge in [0.25, 0.3) is 0 Å². The Labute approximate surface area is 121 Å². The first-order valence-electron chi connectivity index (χ1n) is 4.72. The van der Waals surface area contributed by atoms with Crippen LogP contribution in [0.25, 0.3) is 0 Å². The second-order valence-corrected chi connectivity index (χ2v) is 6.00. The van der Waals surface area contributed by atoms with Gasteiger partial charge in [0.15, 0.2) is 5.17 Å². The third kappa shape index (κ3) is 4.69. The van der Waals surface area contributed by atoms with E-state index in [2.05, 4.69) is 42.1 Å². The number of nitrogens with zero attached hydrogens (tertiary/aromatic N) is 2. The Bertz CT molecular complexity index is 463. The van der Waals surface area contributed by atoms with Crippen LogP contribution >= 0.6 is 43.6 Å². The summed E-state index contributed by atoms with van der Waals surface area (Å²) in [4.78, 5) is 0. The molecule has 7 heteroatoms. The minimum atomic E-state index is 0.119. The number of benzene rings is 1. The molecule has 1 aromatic rings. The molecular weight excluding hydrogens is 370 g/mol. The fourth-order valence-electron chi connectivity index (χ4n) is 1.01. The van der Waals surface area contributed by atoms with Gasteiger partial charge in [0.05, 0.1) is 10.7 Å². The predicted octanol–water partition coefficient (Wildman–Crippen LogP) is 3.32. The number of hydrogen-bond acceptors (Lipinski definition) is 4. The van der Waals surface area contributed by atoms with Crippen molar-refractivity contribution in [3.63, 3.8) is 0 Å². The molecule has 0 amide bonds. The lowest BCUT2D eigenvalue weighted by Crippen LogP contribution is -2.05. The number of rotatable bonds is 3. The van der Waals surface area contributed by atoms with Gasteiger partial charge in [0, 0.05) is 10.0 Å². The number of hydrogen-bond donors (Lipinski definition) is 2. The molecule has 92 valence electrons. The minimum absolute atomic E-state index is 0.119. The van der Waals surface area contributed by atoms with Crippen LogP contribution < -0.4 is 5.73 Å². The Morgan fingerprint density at radius 1 is 1.53 bits per heavy atom. The van der Waals surface area contributed by atoms with Crippen molar-refractivity contribution in [2.45, 2.75) is 6.92 Å². The zero-order chi connectivity index (χ0) is 12.8. The van der Waals surface area contributed by atoms with Crippen molar-refractivity contribution >= 4 is 55.0 Å². The van der Waals surface area contributed by atoms with E-state index in [4.69, 9.17) is 5.73 Å². The highest BCUT2D eigenvalue weighted by Gasteiger charge is 2.04. The first kappa shape index (κ1) is 14.5. The maximum Gasteiger partial charge on any atom is 0.180 e. The van der Waals surface area contributed by atoms with E-state index < -0.39 is 0 Å². The lowest BCUT2D eigenvalue weighted by atomic mass is 10.2. The van der Waals surface area contributed by atoms with Crippen LogP contribution in [0.15, 0.2) is 31.3 Å². The summed E-state index contributed by atoms with van der Waals surface area (Å²) >= 11 is 7.97. The summed E-state index contributed by atoms with van der Waals surface area (Å²) in [6.07, 6.45) is 1.45. The van der Waals surface area contributed by atoms with Gasteiger partial charge in [0.2, 0.25) is 0 Å². The van der Waals surface area contributed by atoms with Crippen LogP contribution in [0.2, 0.25) is 0 Å². The number of nitrogens with two attached hydrogens (primary N) is 1. The molecule has 3 N–H and O–H groups in total. The van der Waals surface area contributed by atoms with E-state index in [1.807, 2.05) is 6.92 Å². The van der Waals surface area contributed by atoms with Crippen molar-refractivity contribution in [2.24, 2.45) is 15.9 Å². The van der Waals surface area contributed by atoms with Crippen LogP contribution in [0.3, 0.4) is 0 Å². The molecule has 0 radical (unpaired) electrons. The summed E-state index contributed by atoms with van der Waals surface area (Å²) in [6, 6.07) is 3.49. The fraction of sp³-hybridized carbons (Fsp3) is 0.200. The second kappa shape index (κ2) is 7.03. The van der Waals surface area contributed by atoms with Crippen molar-refractivity contribution in [1.29, 1.82) is 0 Å². The molecule has 4 nitrogen and oxygen atoms in total. The zero-order valence-corrected chi connectivity index (χ0v) is 13.0. The smallest absolute Gasteiger partial charge is 0.180 e. The van der Waals surface area contributed by atoms with Crippen molar-refractivity contribution in [3.05, 3.63) is 26.6 Å². The summed E-state index contributed by atoms with van der Waals surface area (Å²) in [5, 5.41) is 17.8. The van der Waals surface area contributed by atoms with Gasteiger partial charge in [-0.05, 0) is 33.8 Å². The van der Waals surface area contributed by atoms with Crippen LogP contribution in [0.5, 0.6) is 5.75 Å². The molecule has 0 bridgehead atoms. The molecule has 0 heterocycles. The van der Waals surface area contributed by atoms with Crippen molar-refractivity contribution in [2.75, 3.05) is 5.75 Å². The first-order valence-corrected chi connectivity index (χ1v) is 7.29. The summed E-state index contributed by atoms with van der Waals surface area (Å²) in [7, 11) is 0. The molecule has 0 aromatic heterocycles. The van der Waals surface area contributed by atoms with Crippen molar-refractivity contribution in [1.82, 2.24) is 0 Å². The van der Waals surface area contributed by atoms with Gasteiger partial charge < -0.3 is 10.8 Å². The molecular formula is C10H11Br2N3OS. The average Bonchev–Trinajstić information content (AvgIpc) is 2.25. The highest BCUT2D eigenvalue weighted by atomic mass is 79.9. The van der Waals surface area contributed by atoms with E-state index >= 15 is 0 Å². The molecule has 0 atom stereocenters. The third-order valence-electron chi connectivity index (χ3n) is 1.70. The van der Waals surface area contributed by atoms with Crippen molar-refractivity contribution < 1.29 is 5.11 Å². The monoisotopic (exact) mass is 379 g/mol. The number of phenolic OH excluding ortho intramolecular Hbond substituents is 1. The van der Waals surface area contributed by atoms with Gasteiger partial charge in [-0.25, -0.2) is 0 Å². The number of thioether (sulfide) groups is 1. The number of phenols is 1. The zero-order valence-electron chi connectivity index (χ0n) is 9.02. The Kier molecular flexibility index (Phi) is 6.01. The summed E-state index contributed by atoms with van der Waals surface area (Å²) in [6.45, 7) is 1.98. The van der Waals surface area contributed by atoms with E-state index in [1.165, 1.54) is 18.0 Å². The molecule has 17 heavy (non-hydrogen) atoms. The quantitative estimate of drug-likeness (QED) is 0.480. The molecule has 0 aliphatic carbocycles. The molecule has 0 aliphatic heterocycles. The largest absolute Gasteiger partial charge is 0.506 e. The maximum atomic E-state index is 9.75. The predicted molar refractivity (Wildman–Crippen MR) is 80.9 cm³/mol. The van der Waals surface area contributed by atoms with E-state index in [0.29, 0.717) is 15.2 Å². The molecule has 0 saturated carbocycles. The van der Waals surface area contributed by atoms with Crippen LogP contribution in [0.1, 0.15) is 12.5 Å². The molecule has 0 unspecified atom stereocenters. The first-order chi connectivity index (χ1) is 8.04. The van der Waals surface area contributed by atoms with Gasteiger partial charge in [-0.1, -0.05) is 34.6 Å². The maximum absolute atomic E-state index is 9.75. The van der Waals surface area contributed by atoms with E-state index in [-0.39, 0.29) is 5.75 Å². The normalized spacial score (nSPS) is 12.3. The number of aromatic hydroxyl groups is 1. The molecule has 1 aromatic carbocycles. The van der Waals surface area contributed by atoms with E-state index in [0.717, 1.165) is 10.2 Å². The molecule has 0 saturated heterocycles. The van der Waals surface area contributed by atoms with E-state index in [1.54, 1.807) is 12.1 Å². The van der Waals surface area contributed by atoms with E-state index in [9.17, 15) is 5.11 Å². The van der Waals surface area contributed by atoms with Crippen LogP contribution in [0, 0.1) is 0 Å². The van der Waals surface area contributed by atoms with Gasteiger partial charge >= 0.3 is 0 Å². The Hall–Kier alpha value is -0.530. The average molecular weight is 381 g/mol. The Morgan fingerprint density at radius 3 is 2.88 bits per heavy atom. The van der Waals surface area contributed by atoms with Gasteiger partial charge in [-0.15, -0.1) is 5.10 Å². The van der Waals surface area contributed by atoms with Gasteiger partial charge in [-0.2, -0.15) is 5.10 Å². The SMILES string of the molecule is CCSC(N)=N/N=C\c1cc(Br)cc(Br)c1O. The van der Waals surface area contributed by atoms with Crippen LogP contribution in [-0.4, -0.2) is 22.2 Å². The summed E-state index contributed by atoms with van der Waals surface area (Å²) in [5.41, 5.74) is 6.12. The van der Waals surface area contributed by atoms with Gasteiger partial charge in [-0.3, -0.25) is 0 Å². The Balaban J connectivity index is 2.88. The fourth-order valence-corrected chi connectivity index (χ4v) is 2.67. The highest BCUT2D eigenvalue weighted by molar-refractivity contribution is 9.11. The third-order valence-corrected chi connectivity index (χ3v) is 3.43. The number of amidine groups is 1. The standard InChI is InChI=1S/C10H11Br2N3OS/c1-2-17-10(13)15-14-5-6-3-7(11)4-8(12)9(6)16/h3-5,16H,2H2,1H3,(H2,13,15)/b14-5-. The Morgan fingerprint density at radius 2 is 2.24 bits per heavy atom. The topological polar surface area (TPSA) is 71.0 Å². The highest BCUT2D eigenvalue weighted by Crippen LogP contribution is 2.30. The lowest BCUT2D eigenvalue weighted by molar-refractivity contribution is 0.471. The summed E-state index contributed by atoms with van der Waals surface area (Å²) in [5.74, 6) is 0.965. The molecule has 1 rings (SSSR count). The number of halogens is 2. The molecule has 0 fully saturated rings. The van der Waals surface area contributed by atoms with Crippen LogP contribution in [0.4, 0.5) is 0 Å². The summed E-state index contributed by atoms with van der Waals surface area (Å²) < 4.78 is 1.43. The van der Waals surface area contributed by atoms with Crippen molar-refractivity contribution in [3.8, 4) is 5.75 Å². The lowest BCUT2D eigenvalue weighted by Gasteiger charge is -2.01. The minimum Gasteiger partial charge on any atom is -0.506 e.